The van der Waals surface area contributed by atoms with Crippen LogP contribution in [0.2, 0.25) is 0 Å². The molecule has 0 saturated carbocycles. The van der Waals surface area contributed by atoms with Crippen LogP contribution in [0.15, 0.2) is 48.5 Å². The van der Waals surface area contributed by atoms with Gasteiger partial charge < -0.3 is 95.2 Å². The van der Waals surface area contributed by atoms with Crippen LogP contribution in [-0.2, 0) is 38.0 Å². The van der Waals surface area contributed by atoms with E-state index in [1.807, 2.05) is 48.5 Å². The zero-order valence-corrected chi connectivity index (χ0v) is 31.1. The van der Waals surface area contributed by atoms with E-state index in [1.165, 1.54) is 0 Å². The summed E-state index contributed by atoms with van der Waals surface area (Å²) in [4.78, 5) is 37.8. The Labute approximate surface area is 335 Å². The van der Waals surface area contributed by atoms with Crippen molar-refractivity contribution in [2.75, 3.05) is 26.4 Å². The second kappa shape index (κ2) is 19.2. The molecule has 4 aliphatic rings. The van der Waals surface area contributed by atoms with E-state index in [0.717, 1.165) is 22.3 Å². The number of carbonyl (C=O) groups excluding carboxylic acids is 2. The van der Waals surface area contributed by atoms with Crippen molar-refractivity contribution in [3.05, 3.63) is 59.7 Å². The summed E-state index contributed by atoms with van der Waals surface area (Å²) in [6.45, 7) is -2.78. The molecule has 22 nitrogen and oxygen atoms in total. The van der Waals surface area contributed by atoms with Gasteiger partial charge in [0.25, 0.3) is 0 Å². The number of benzene rings is 2. The first kappa shape index (κ1) is 44.6. The summed E-state index contributed by atoms with van der Waals surface area (Å²) in [5.41, 5.74) is 3.78. The van der Waals surface area contributed by atoms with Gasteiger partial charge in [-0.15, -0.1) is 0 Å². The Morgan fingerprint density at radius 3 is 1.66 bits per heavy atom. The number of rotatable bonds is 14. The fourth-order valence-corrected chi connectivity index (χ4v) is 7.58. The molecule has 0 radical (unpaired) electrons. The molecule has 0 aromatic heterocycles. The quantitative estimate of drug-likeness (QED) is 0.0846. The molecule has 2 aromatic carbocycles. The standard InChI is InChI=1S/C37H48N2O20/c40-10-20-24(44)25(45)29(49)35(56-20)59-32-22(12-42)57-36(30(50)27(32)47)58-31-21(11-41)55-33(28(48)26(31)46)39-23(43)9-19(34(51)52)38-37(53)54-13-18-16-7-3-1-5-14(16)15-6-2-4-8-17(15)18/h1-8,18-22,24-33,35-36,40-42,44-50H,9-13H2,(H,38,53)(H,39,43)(H,51,52)/t19-,20+,21+,22+,24+,25-,26+,27+,28+,29+,30+,31+,32+,33+,35+,36+/m0/s1. The Kier molecular flexibility index (Phi) is 14.5. The summed E-state index contributed by atoms with van der Waals surface area (Å²) in [5, 5.41) is 118. The minimum absolute atomic E-state index is 0.136. The van der Waals surface area contributed by atoms with Crippen LogP contribution >= 0.6 is 0 Å². The highest BCUT2D eigenvalue weighted by Crippen LogP contribution is 2.44. The summed E-state index contributed by atoms with van der Waals surface area (Å²) in [6.07, 6.45) is -29.0. The molecular weight excluding hydrogens is 792 g/mol. The molecule has 1 aliphatic carbocycles. The van der Waals surface area contributed by atoms with Crippen LogP contribution in [0.1, 0.15) is 23.5 Å². The van der Waals surface area contributed by atoms with E-state index in [-0.39, 0.29) is 12.5 Å². The van der Waals surface area contributed by atoms with Crippen LogP contribution in [0.4, 0.5) is 4.79 Å². The number of carboxylic acid groups (broad SMARTS) is 1. The third-order valence-electron chi connectivity index (χ3n) is 10.7. The molecule has 3 fully saturated rings. The number of carbonyl (C=O) groups is 3. The number of aliphatic carboxylic acids is 1. The van der Waals surface area contributed by atoms with Crippen LogP contribution in [0, 0.1) is 0 Å². The lowest BCUT2D eigenvalue weighted by Crippen LogP contribution is -2.67. The number of hydrogen-bond donors (Lipinski definition) is 13. The highest BCUT2D eigenvalue weighted by Gasteiger charge is 2.53. The zero-order chi connectivity index (χ0) is 42.7. The number of nitrogens with one attached hydrogen (secondary N) is 2. The van der Waals surface area contributed by atoms with Gasteiger partial charge in [0.15, 0.2) is 18.8 Å². The van der Waals surface area contributed by atoms with Gasteiger partial charge >= 0.3 is 12.1 Å². The summed E-state index contributed by atoms with van der Waals surface area (Å²) < 4.78 is 32.9. The van der Waals surface area contributed by atoms with E-state index in [0.29, 0.717) is 0 Å². The lowest BCUT2D eigenvalue weighted by Gasteiger charge is -2.48. The first-order valence-corrected chi connectivity index (χ1v) is 18.7. The molecule has 3 heterocycles. The molecule has 0 unspecified atom stereocenters. The molecule has 13 N–H and O–H groups in total. The van der Waals surface area contributed by atoms with Crippen LogP contribution < -0.4 is 10.6 Å². The van der Waals surface area contributed by atoms with E-state index in [2.05, 4.69) is 10.6 Å². The molecule has 2 aromatic rings. The second-order valence-electron chi connectivity index (χ2n) is 14.5. The van der Waals surface area contributed by atoms with E-state index in [1.54, 1.807) is 0 Å². The molecule has 2 amide bonds. The predicted molar refractivity (Wildman–Crippen MR) is 191 cm³/mol. The lowest BCUT2D eigenvalue weighted by molar-refractivity contribution is -0.373. The Balaban J connectivity index is 1.02. The van der Waals surface area contributed by atoms with Crippen LogP contribution in [-0.4, -0.2) is 199 Å². The number of amides is 2. The fourth-order valence-electron chi connectivity index (χ4n) is 7.58. The van der Waals surface area contributed by atoms with Gasteiger partial charge in [-0.3, -0.25) is 4.79 Å². The number of hydrogen-bond acceptors (Lipinski definition) is 19. The van der Waals surface area contributed by atoms with Gasteiger partial charge in [-0.1, -0.05) is 48.5 Å². The van der Waals surface area contributed by atoms with Gasteiger partial charge in [0, 0.05) is 5.92 Å². The van der Waals surface area contributed by atoms with Gasteiger partial charge in [0.05, 0.1) is 26.2 Å². The summed E-state index contributed by atoms with van der Waals surface area (Å²) in [6, 6.07) is 13.3. The van der Waals surface area contributed by atoms with Crippen molar-refractivity contribution in [2.45, 2.75) is 110 Å². The largest absolute Gasteiger partial charge is 0.480 e. The topological polar surface area (TPSA) is 353 Å². The van der Waals surface area contributed by atoms with Crippen LogP contribution in [0.25, 0.3) is 11.1 Å². The molecule has 16 atom stereocenters. The highest BCUT2D eigenvalue weighted by molar-refractivity contribution is 5.87. The van der Waals surface area contributed by atoms with Crippen molar-refractivity contribution in [3.8, 4) is 11.1 Å². The third-order valence-corrected chi connectivity index (χ3v) is 10.7. The van der Waals surface area contributed by atoms with Gasteiger partial charge in [0.1, 0.15) is 85.9 Å². The Morgan fingerprint density at radius 2 is 1.12 bits per heavy atom. The number of alkyl carbamates (subject to hydrolysis) is 1. The third kappa shape index (κ3) is 9.36. The maximum atomic E-state index is 13.0. The monoisotopic (exact) mass is 840 g/mol. The molecule has 3 saturated heterocycles. The predicted octanol–water partition coefficient (Wildman–Crippen LogP) is -5.07. The zero-order valence-electron chi connectivity index (χ0n) is 31.1. The smallest absolute Gasteiger partial charge is 0.407 e. The van der Waals surface area contributed by atoms with Crippen molar-refractivity contribution in [1.29, 1.82) is 0 Å². The SMILES string of the molecule is O=C(C[C@H](NC(=O)OCC1c2ccccc2-c2ccccc21)C(=O)O)N[C@@H]1O[C@H](CO)[C@@H](O[C@H]2O[C@H](CO)[C@@H](O[C@H]3O[C@H](CO)[C@@H](O)[C@H](O)[C@H]3O)[C@H](O)[C@H]2O)[C@H](O)[C@H]1O. The Morgan fingerprint density at radius 1 is 0.627 bits per heavy atom. The Hall–Kier alpha value is -3.95. The number of aliphatic hydroxyl groups is 10. The first-order chi connectivity index (χ1) is 28.2. The van der Waals surface area contributed by atoms with Gasteiger partial charge in [-0.25, -0.2) is 9.59 Å². The van der Waals surface area contributed by atoms with Gasteiger partial charge in [-0.2, -0.15) is 0 Å². The molecule has 6 rings (SSSR count). The van der Waals surface area contributed by atoms with E-state index in [4.69, 9.17) is 28.4 Å². The summed E-state index contributed by atoms with van der Waals surface area (Å²) in [7, 11) is 0. The fraction of sp³-hybridized carbons (Fsp3) is 0.595. The van der Waals surface area contributed by atoms with Crippen molar-refractivity contribution < 1.29 is 99.0 Å². The molecule has 0 spiro atoms. The minimum atomic E-state index is -2.05. The average molecular weight is 841 g/mol. The number of carboxylic acids is 1. The molecular formula is C37H48N2O20. The van der Waals surface area contributed by atoms with Crippen molar-refractivity contribution in [2.24, 2.45) is 0 Å². The first-order valence-electron chi connectivity index (χ1n) is 18.7. The molecule has 59 heavy (non-hydrogen) atoms. The highest BCUT2D eigenvalue weighted by atomic mass is 16.7. The molecule has 22 heteroatoms. The van der Waals surface area contributed by atoms with E-state index >= 15 is 0 Å². The minimum Gasteiger partial charge on any atom is -0.480 e. The Bertz CT molecular complexity index is 1720. The number of ether oxygens (including phenoxy) is 6. The average Bonchev–Trinajstić information content (AvgIpc) is 3.55. The maximum absolute atomic E-state index is 13.0. The van der Waals surface area contributed by atoms with Crippen molar-refractivity contribution in [3.63, 3.8) is 0 Å². The second-order valence-corrected chi connectivity index (χ2v) is 14.5. The van der Waals surface area contributed by atoms with Crippen LogP contribution in [0.3, 0.4) is 0 Å². The summed E-state index contributed by atoms with van der Waals surface area (Å²) >= 11 is 0. The molecule has 3 aliphatic heterocycles. The lowest BCUT2D eigenvalue weighted by atomic mass is 9.95. The van der Waals surface area contributed by atoms with E-state index in [9.17, 15) is 70.6 Å². The van der Waals surface area contributed by atoms with Gasteiger partial charge in [-0.05, 0) is 22.3 Å². The van der Waals surface area contributed by atoms with Gasteiger partial charge in [0.2, 0.25) is 5.91 Å². The van der Waals surface area contributed by atoms with Crippen molar-refractivity contribution in [1.82, 2.24) is 10.6 Å². The summed E-state index contributed by atoms with van der Waals surface area (Å²) in [5.74, 6) is -3.00. The molecule has 0 bridgehead atoms. The normalized spacial score (nSPS) is 36.2. The van der Waals surface area contributed by atoms with Crippen LogP contribution in [0.5, 0.6) is 0 Å². The maximum Gasteiger partial charge on any atom is 0.407 e. The molecule has 326 valence electrons. The van der Waals surface area contributed by atoms with Crippen molar-refractivity contribution >= 4 is 18.0 Å². The number of aliphatic hydroxyl groups excluding tert-OH is 10. The number of fused-ring (bicyclic) bond motifs is 3. The van der Waals surface area contributed by atoms with E-state index < -0.39 is 142 Å².